The van der Waals surface area contributed by atoms with E-state index in [4.69, 9.17) is 16.2 Å². The van der Waals surface area contributed by atoms with Crippen molar-refractivity contribution in [3.05, 3.63) is 41.6 Å². The fraction of sp³-hybridized carbons (Fsp3) is 0.167. The Morgan fingerprint density at radius 2 is 1.82 bits per heavy atom. The standard InChI is InChI=1S/C12H14N4O/c1-17-10-4-2-8(3-5-10)6-9-7-11(13)16-12(14)15-9/h2-5,7H,6H2,1H3,(H4,13,14,15,16). The normalized spacial score (nSPS) is 10.2. The van der Waals surface area contributed by atoms with E-state index in [1.165, 1.54) is 0 Å². The maximum absolute atomic E-state index is 5.61. The van der Waals surface area contributed by atoms with Crippen LogP contribution in [0.1, 0.15) is 11.3 Å². The van der Waals surface area contributed by atoms with Crippen LogP contribution in [0.4, 0.5) is 11.8 Å². The number of hydrogen-bond donors (Lipinski definition) is 2. The highest BCUT2D eigenvalue weighted by Gasteiger charge is 2.02. The third kappa shape index (κ3) is 2.84. The van der Waals surface area contributed by atoms with Crippen LogP contribution in [0.2, 0.25) is 0 Å². The van der Waals surface area contributed by atoms with E-state index in [1.54, 1.807) is 13.2 Å². The summed E-state index contributed by atoms with van der Waals surface area (Å²) in [5, 5.41) is 0. The number of rotatable bonds is 3. The molecule has 0 unspecified atom stereocenters. The molecule has 0 aliphatic carbocycles. The fourth-order valence-electron chi connectivity index (χ4n) is 1.58. The molecule has 4 N–H and O–H groups in total. The first-order chi connectivity index (χ1) is 8.17. The zero-order valence-corrected chi connectivity index (χ0v) is 9.55. The van der Waals surface area contributed by atoms with Gasteiger partial charge in [-0.05, 0) is 17.7 Å². The van der Waals surface area contributed by atoms with Crippen LogP contribution in [0.3, 0.4) is 0 Å². The summed E-state index contributed by atoms with van der Waals surface area (Å²) in [5.74, 6) is 1.42. The van der Waals surface area contributed by atoms with Crippen LogP contribution >= 0.6 is 0 Å². The summed E-state index contributed by atoms with van der Waals surface area (Å²) in [5.41, 5.74) is 13.1. The minimum Gasteiger partial charge on any atom is -0.497 e. The van der Waals surface area contributed by atoms with Crippen LogP contribution < -0.4 is 16.2 Å². The molecular weight excluding hydrogens is 216 g/mol. The van der Waals surface area contributed by atoms with Gasteiger partial charge in [-0.2, -0.15) is 4.98 Å². The van der Waals surface area contributed by atoms with Gasteiger partial charge in [-0.3, -0.25) is 0 Å². The van der Waals surface area contributed by atoms with Crippen molar-refractivity contribution < 1.29 is 4.74 Å². The summed E-state index contributed by atoms with van der Waals surface area (Å²) < 4.78 is 5.09. The highest BCUT2D eigenvalue weighted by atomic mass is 16.5. The molecule has 1 aromatic carbocycles. The summed E-state index contributed by atoms with van der Waals surface area (Å²) in [6, 6.07) is 9.49. The van der Waals surface area contributed by atoms with Gasteiger partial charge in [0.05, 0.1) is 12.8 Å². The van der Waals surface area contributed by atoms with Crippen LogP contribution in [0.15, 0.2) is 30.3 Å². The molecule has 5 nitrogen and oxygen atoms in total. The van der Waals surface area contributed by atoms with Crippen molar-refractivity contribution in [2.75, 3.05) is 18.6 Å². The second-order valence-corrected chi connectivity index (χ2v) is 3.67. The molecule has 0 bridgehead atoms. The predicted molar refractivity (Wildman–Crippen MR) is 66.7 cm³/mol. The van der Waals surface area contributed by atoms with Gasteiger partial charge >= 0.3 is 0 Å². The lowest BCUT2D eigenvalue weighted by Gasteiger charge is -2.04. The predicted octanol–water partition coefficient (Wildman–Crippen LogP) is 1.24. The molecule has 1 aromatic heterocycles. The lowest BCUT2D eigenvalue weighted by Crippen LogP contribution is -2.03. The largest absolute Gasteiger partial charge is 0.497 e. The fourth-order valence-corrected chi connectivity index (χ4v) is 1.58. The van der Waals surface area contributed by atoms with E-state index in [0.29, 0.717) is 12.2 Å². The van der Waals surface area contributed by atoms with Gasteiger partial charge in [0.25, 0.3) is 0 Å². The number of nitrogens with two attached hydrogens (primary N) is 2. The Balaban J connectivity index is 2.19. The Morgan fingerprint density at radius 1 is 1.12 bits per heavy atom. The molecule has 0 radical (unpaired) electrons. The third-order valence-electron chi connectivity index (χ3n) is 2.36. The van der Waals surface area contributed by atoms with Gasteiger partial charge in [0.1, 0.15) is 11.6 Å². The second kappa shape index (κ2) is 4.69. The average Bonchev–Trinajstić information content (AvgIpc) is 2.28. The Kier molecular flexibility index (Phi) is 3.09. The molecule has 0 fully saturated rings. The monoisotopic (exact) mass is 230 g/mol. The van der Waals surface area contributed by atoms with Gasteiger partial charge < -0.3 is 16.2 Å². The molecular formula is C12H14N4O. The number of methoxy groups -OCH3 is 1. The zero-order valence-electron chi connectivity index (χ0n) is 9.55. The van der Waals surface area contributed by atoms with Gasteiger partial charge in [0.15, 0.2) is 0 Å². The first kappa shape index (κ1) is 11.2. The zero-order chi connectivity index (χ0) is 12.3. The smallest absolute Gasteiger partial charge is 0.222 e. The SMILES string of the molecule is COc1ccc(Cc2cc(N)nc(N)n2)cc1. The molecule has 17 heavy (non-hydrogen) atoms. The number of aromatic nitrogens is 2. The Morgan fingerprint density at radius 3 is 2.41 bits per heavy atom. The lowest BCUT2D eigenvalue weighted by molar-refractivity contribution is 0.414. The molecule has 0 spiro atoms. The first-order valence-corrected chi connectivity index (χ1v) is 5.19. The van der Waals surface area contributed by atoms with Crippen molar-refractivity contribution in [1.82, 2.24) is 9.97 Å². The van der Waals surface area contributed by atoms with Crippen molar-refractivity contribution in [1.29, 1.82) is 0 Å². The molecule has 0 saturated carbocycles. The van der Waals surface area contributed by atoms with Gasteiger partial charge in [0, 0.05) is 12.5 Å². The number of benzene rings is 1. The maximum Gasteiger partial charge on any atom is 0.222 e. The molecule has 2 rings (SSSR count). The number of nitrogens with zero attached hydrogens (tertiary/aromatic N) is 2. The van der Waals surface area contributed by atoms with Gasteiger partial charge in [-0.15, -0.1) is 0 Å². The minimum absolute atomic E-state index is 0.202. The Hall–Kier alpha value is -2.30. The summed E-state index contributed by atoms with van der Waals surface area (Å²) >= 11 is 0. The van der Waals surface area contributed by atoms with Crippen molar-refractivity contribution in [3.63, 3.8) is 0 Å². The number of nitrogen functional groups attached to an aromatic ring is 2. The molecule has 5 heteroatoms. The second-order valence-electron chi connectivity index (χ2n) is 3.67. The van der Waals surface area contributed by atoms with Crippen molar-refractivity contribution >= 4 is 11.8 Å². The minimum atomic E-state index is 0.202. The molecule has 1 heterocycles. The molecule has 0 aliphatic rings. The van der Waals surface area contributed by atoms with Crippen LogP contribution in [0.25, 0.3) is 0 Å². The van der Waals surface area contributed by atoms with E-state index in [-0.39, 0.29) is 5.95 Å². The highest BCUT2D eigenvalue weighted by Crippen LogP contribution is 2.15. The quantitative estimate of drug-likeness (QED) is 0.828. The van der Waals surface area contributed by atoms with E-state index in [9.17, 15) is 0 Å². The summed E-state index contributed by atoms with van der Waals surface area (Å²) in [6.45, 7) is 0. The maximum atomic E-state index is 5.61. The lowest BCUT2D eigenvalue weighted by atomic mass is 10.1. The topological polar surface area (TPSA) is 87.0 Å². The average molecular weight is 230 g/mol. The number of ether oxygens (including phenoxy) is 1. The summed E-state index contributed by atoms with van der Waals surface area (Å²) in [4.78, 5) is 7.96. The third-order valence-corrected chi connectivity index (χ3v) is 2.36. The highest BCUT2D eigenvalue weighted by molar-refractivity contribution is 5.38. The summed E-state index contributed by atoms with van der Waals surface area (Å²) in [6.07, 6.45) is 0.668. The van der Waals surface area contributed by atoms with Crippen molar-refractivity contribution in [3.8, 4) is 5.75 Å². The van der Waals surface area contributed by atoms with Crippen LogP contribution in [0.5, 0.6) is 5.75 Å². The molecule has 88 valence electrons. The van der Waals surface area contributed by atoms with Crippen LogP contribution in [-0.4, -0.2) is 17.1 Å². The number of hydrogen-bond acceptors (Lipinski definition) is 5. The van der Waals surface area contributed by atoms with Crippen molar-refractivity contribution in [2.45, 2.75) is 6.42 Å². The van der Waals surface area contributed by atoms with E-state index in [2.05, 4.69) is 9.97 Å². The molecule has 0 amide bonds. The molecule has 0 atom stereocenters. The van der Waals surface area contributed by atoms with Gasteiger partial charge in [-0.1, -0.05) is 12.1 Å². The van der Waals surface area contributed by atoms with Crippen LogP contribution in [0, 0.1) is 0 Å². The molecule has 2 aromatic rings. The molecule has 0 saturated heterocycles. The Labute approximate surface area is 99.5 Å². The van der Waals surface area contributed by atoms with Gasteiger partial charge in [0.2, 0.25) is 5.95 Å². The van der Waals surface area contributed by atoms with Crippen LogP contribution in [-0.2, 0) is 6.42 Å². The van der Waals surface area contributed by atoms with Gasteiger partial charge in [-0.25, -0.2) is 4.98 Å². The molecule has 0 aliphatic heterocycles. The van der Waals surface area contributed by atoms with Crippen molar-refractivity contribution in [2.24, 2.45) is 0 Å². The first-order valence-electron chi connectivity index (χ1n) is 5.19. The van der Waals surface area contributed by atoms with E-state index < -0.39 is 0 Å². The van der Waals surface area contributed by atoms with E-state index in [1.807, 2.05) is 24.3 Å². The summed E-state index contributed by atoms with van der Waals surface area (Å²) in [7, 11) is 1.64. The van der Waals surface area contributed by atoms with E-state index >= 15 is 0 Å². The Bertz CT molecular complexity index is 490. The van der Waals surface area contributed by atoms with E-state index in [0.717, 1.165) is 17.0 Å². The number of anilines is 2.